The van der Waals surface area contributed by atoms with Gasteiger partial charge in [-0.05, 0) is 32.1 Å². The minimum atomic E-state index is -0.774. The lowest BCUT2D eigenvalue weighted by molar-refractivity contribution is -0.137. The van der Waals surface area contributed by atoms with Crippen LogP contribution in [0.25, 0.3) is 0 Å². The zero-order valence-electron chi connectivity index (χ0n) is 11.4. The number of nitrogens with zero attached hydrogens (tertiary/aromatic N) is 1. The van der Waals surface area contributed by atoms with Gasteiger partial charge in [-0.3, -0.25) is 4.79 Å². The third kappa shape index (κ3) is 5.64. The molecule has 0 bridgehead atoms. The van der Waals surface area contributed by atoms with Crippen molar-refractivity contribution in [3.05, 3.63) is 0 Å². The SMILES string of the molecule is C#CCC(C)NC(=O)N1CCCC(CCC(=O)O)C1. The number of amides is 2. The number of carboxylic acid groups (broad SMARTS) is 1. The van der Waals surface area contributed by atoms with Crippen molar-refractivity contribution in [3.8, 4) is 12.3 Å². The fraction of sp³-hybridized carbons (Fsp3) is 0.714. The topological polar surface area (TPSA) is 69.6 Å². The summed E-state index contributed by atoms with van der Waals surface area (Å²) < 4.78 is 0. The zero-order chi connectivity index (χ0) is 14.3. The van der Waals surface area contributed by atoms with Crippen LogP contribution in [0.1, 0.15) is 39.0 Å². The summed E-state index contributed by atoms with van der Waals surface area (Å²) in [6, 6.07) is -0.125. The molecule has 5 heteroatoms. The molecule has 1 saturated heterocycles. The van der Waals surface area contributed by atoms with Crippen LogP contribution in [-0.2, 0) is 4.79 Å². The second kappa shape index (κ2) is 7.67. The van der Waals surface area contributed by atoms with Gasteiger partial charge in [-0.1, -0.05) is 0 Å². The van der Waals surface area contributed by atoms with E-state index in [1.54, 1.807) is 4.90 Å². The predicted octanol–water partition coefficient (Wildman–Crippen LogP) is 1.68. The van der Waals surface area contributed by atoms with Gasteiger partial charge in [0.15, 0.2) is 0 Å². The Morgan fingerprint density at radius 2 is 2.32 bits per heavy atom. The standard InChI is InChI=1S/C14H22N2O3/c1-3-5-11(2)15-14(19)16-9-4-6-12(10-16)7-8-13(17)18/h1,11-12H,4-10H2,2H3,(H,15,19)(H,17,18). The minimum absolute atomic E-state index is 0.0307. The van der Waals surface area contributed by atoms with Gasteiger partial charge in [0.25, 0.3) is 0 Å². The summed E-state index contributed by atoms with van der Waals surface area (Å²) in [4.78, 5) is 24.3. The van der Waals surface area contributed by atoms with Gasteiger partial charge in [0.1, 0.15) is 0 Å². The van der Waals surface area contributed by atoms with E-state index in [2.05, 4.69) is 11.2 Å². The normalized spacial score (nSPS) is 20.4. The summed E-state index contributed by atoms with van der Waals surface area (Å²) in [6.07, 6.45) is 8.46. The number of carboxylic acids is 1. The Hall–Kier alpha value is -1.70. The van der Waals surface area contributed by atoms with Crippen LogP contribution in [-0.4, -0.2) is 41.1 Å². The molecule has 1 aliphatic heterocycles. The third-order valence-electron chi connectivity index (χ3n) is 3.37. The predicted molar refractivity (Wildman–Crippen MR) is 72.6 cm³/mol. The number of hydrogen-bond acceptors (Lipinski definition) is 2. The molecule has 2 unspecified atom stereocenters. The van der Waals surface area contributed by atoms with Crippen LogP contribution in [0.3, 0.4) is 0 Å². The fourth-order valence-corrected chi connectivity index (χ4v) is 2.34. The van der Waals surface area contributed by atoms with Crippen LogP contribution in [0.2, 0.25) is 0 Å². The average Bonchev–Trinajstić information content (AvgIpc) is 2.37. The van der Waals surface area contributed by atoms with Crippen molar-refractivity contribution in [1.82, 2.24) is 10.2 Å². The molecule has 1 rings (SSSR count). The van der Waals surface area contributed by atoms with Crippen molar-refractivity contribution in [2.75, 3.05) is 13.1 Å². The van der Waals surface area contributed by atoms with Crippen molar-refractivity contribution in [2.45, 2.75) is 45.1 Å². The van der Waals surface area contributed by atoms with E-state index in [-0.39, 0.29) is 18.5 Å². The molecule has 5 nitrogen and oxygen atoms in total. The van der Waals surface area contributed by atoms with E-state index < -0.39 is 5.97 Å². The maximum absolute atomic E-state index is 12.0. The van der Waals surface area contributed by atoms with E-state index in [4.69, 9.17) is 11.5 Å². The number of rotatable bonds is 5. The maximum Gasteiger partial charge on any atom is 0.317 e. The summed E-state index contributed by atoms with van der Waals surface area (Å²) >= 11 is 0. The molecular formula is C14H22N2O3. The van der Waals surface area contributed by atoms with Crippen LogP contribution >= 0.6 is 0 Å². The average molecular weight is 266 g/mol. The van der Waals surface area contributed by atoms with E-state index in [0.717, 1.165) is 19.4 Å². The van der Waals surface area contributed by atoms with Crippen molar-refractivity contribution in [2.24, 2.45) is 5.92 Å². The lowest BCUT2D eigenvalue weighted by Gasteiger charge is -2.33. The van der Waals surface area contributed by atoms with Gasteiger partial charge < -0.3 is 15.3 Å². The summed E-state index contributed by atoms with van der Waals surface area (Å²) in [7, 11) is 0. The Bertz CT molecular complexity index is 362. The molecule has 1 aliphatic rings. The Morgan fingerprint density at radius 1 is 1.58 bits per heavy atom. The highest BCUT2D eigenvalue weighted by atomic mass is 16.4. The summed E-state index contributed by atoms with van der Waals surface area (Å²) in [5.41, 5.74) is 0. The lowest BCUT2D eigenvalue weighted by atomic mass is 9.93. The largest absolute Gasteiger partial charge is 0.481 e. The lowest BCUT2D eigenvalue weighted by Crippen LogP contribution is -2.48. The molecule has 0 spiro atoms. The number of urea groups is 1. The van der Waals surface area contributed by atoms with Crippen LogP contribution in [0, 0.1) is 18.3 Å². The number of carbonyl (C=O) groups excluding carboxylic acids is 1. The van der Waals surface area contributed by atoms with Crippen molar-refractivity contribution >= 4 is 12.0 Å². The Labute approximate surface area is 114 Å². The number of aliphatic carboxylic acids is 1. The molecule has 1 fully saturated rings. The molecule has 0 aromatic rings. The second-order valence-corrected chi connectivity index (χ2v) is 5.15. The van der Waals surface area contributed by atoms with E-state index in [9.17, 15) is 9.59 Å². The van der Waals surface area contributed by atoms with Crippen LogP contribution in [0.5, 0.6) is 0 Å². The Morgan fingerprint density at radius 3 is 2.95 bits per heavy atom. The molecular weight excluding hydrogens is 244 g/mol. The molecule has 106 valence electrons. The van der Waals surface area contributed by atoms with Gasteiger partial charge in [0.2, 0.25) is 0 Å². The first-order chi connectivity index (χ1) is 9.02. The molecule has 19 heavy (non-hydrogen) atoms. The highest BCUT2D eigenvalue weighted by molar-refractivity contribution is 5.74. The third-order valence-corrected chi connectivity index (χ3v) is 3.37. The minimum Gasteiger partial charge on any atom is -0.481 e. The zero-order valence-corrected chi connectivity index (χ0v) is 11.4. The summed E-state index contributed by atoms with van der Waals surface area (Å²) in [5, 5.41) is 11.5. The molecule has 0 saturated carbocycles. The van der Waals surface area contributed by atoms with Gasteiger partial charge in [-0.15, -0.1) is 12.3 Å². The number of likely N-dealkylation sites (tertiary alicyclic amines) is 1. The molecule has 0 aromatic heterocycles. The number of terminal acetylenes is 1. The molecule has 2 amide bonds. The van der Waals surface area contributed by atoms with E-state index in [1.165, 1.54) is 0 Å². The summed E-state index contributed by atoms with van der Waals surface area (Å²) in [6.45, 7) is 3.25. The van der Waals surface area contributed by atoms with Crippen molar-refractivity contribution in [1.29, 1.82) is 0 Å². The van der Waals surface area contributed by atoms with Gasteiger partial charge in [0.05, 0.1) is 0 Å². The molecule has 1 heterocycles. The van der Waals surface area contributed by atoms with Gasteiger partial charge in [-0.2, -0.15) is 0 Å². The molecule has 2 atom stereocenters. The highest BCUT2D eigenvalue weighted by Crippen LogP contribution is 2.21. The smallest absolute Gasteiger partial charge is 0.317 e. The molecule has 0 radical (unpaired) electrons. The van der Waals surface area contributed by atoms with Crippen molar-refractivity contribution in [3.63, 3.8) is 0 Å². The number of nitrogens with one attached hydrogen (secondary N) is 1. The second-order valence-electron chi connectivity index (χ2n) is 5.15. The molecule has 0 aliphatic carbocycles. The fourth-order valence-electron chi connectivity index (χ4n) is 2.34. The van der Waals surface area contributed by atoms with Crippen LogP contribution in [0.15, 0.2) is 0 Å². The number of carbonyl (C=O) groups is 2. The molecule has 2 N–H and O–H groups in total. The molecule has 0 aromatic carbocycles. The van der Waals surface area contributed by atoms with Crippen LogP contribution in [0.4, 0.5) is 4.79 Å². The Kier molecular flexibility index (Phi) is 6.20. The van der Waals surface area contributed by atoms with E-state index in [0.29, 0.717) is 25.3 Å². The first-order valence-electron chi connectivity index (χ1n) is 6.73. The van der Waals surface area contributed by atoms with Gasteiger partial charge in [-0.25, -0.2) is 4.79 Å². The number of hydrogen-bond donors (Lipinski definition) is 2. The first kappa shape index (κ1) is 15.4. The van der Waals surface area contributed by atoms with E-state index in [1.807, 2.05) is 6.92 Å². The first-order valence-corrected chi connectivity index (χ1v) is 6.73. The van der Waals surface area contributed by atoms with Crippen molar-refractivity contribution < 1.29 is 14.7 Å². The Balaban J connectivity index is 2.39. The maximum atomic E-state index is 12.0. The highest BCUT2D eigenvalue weighted by Gasteiger charge is 2.24. The monoisotopic (exact) mass is 266 g/mol. The van der Waals surface area contributed by atoms with E-state index >= 15 is 0 Å². The van der Waals surface area contributed by atoms with Crippen LogP contribution < -0.4 is 5.32 Å². The quantitative estimate of drug-likeness (QED) is 0.744. The summed E-state index contributed by atoms with van der Waals surface area (Å²) in [5.74, 6) is 2.04. The van der Waals surface area contributed by atoms with Gasteiger partial charge >= 0.3 is 12.0 Å². The van der Waals surface area contributed by atoms with Gasteiger partial charge in [0, 0.05) is 32.0 Å². The number of piperidine rings is 1.